The number of halogens is 1. The molecule has 3 heteroatoms. The zero-order valence-electron chi connectivity index (χ0n) is 9.63. The van der Waals surface area contributed by atoms with Gasteiger partial charge in [0.1, 0.15) is 0 Å². The first kappa shape index (κ1) is 13.3. The van der Waals surface area contributed by atoms with Crippen LogP contribution in [0.1, 0.15) is 44.9 Å². The van der Waals surface area contributed by atoms with E-state index in [0.717, 1.165) is 24.8 Å². The highest BCUT2D eigenvalue weighted by molar-refractivity contribution is 6.17. The summed E-state index contributed by atoms with van der Waals surface area (Å²) in [6.45, 7) is 2.83. The van der Waals surface area contributed by atoms with Crippen LogP contribution in [0.25, 0.3) is 0 Å². The maximum Gasteiger partial charge on any atom is 0.0431 e. The fraction of sp³-hybridized carbons (Fsp3) is 1.00. The fourth-order valence-electron chi connectivity index (χ4n) is 2.43. The van der Waals surface area contributed by atoms with Crippen molar-refractivity contribution in [3.8, 4) is 0 Å². The van der Waals surface area contributed by atoms with E-state index in [1.807, 2.05) is 0 Å². The molecule has 0 aromatic heterocycles. The van der Waals surface area contributed by atoms with Crippen LogP contribution in [-0.2, 0) is 0 Å². The summed E-state index contributed by atoms with van der Waals surface area (Å²) in [4.78, 5) is 2.60. The molecule has 15 heavy (non-hydrogen) atoms. The van der Waals surface area contributed by atoms with Gasteiger partial charge in [0.15, 0.2) is 0 Å². The first-order chi connectivity index (χ1) is 7.38. The predicted molar refractivity (Wildman–Crippen MR) is 65.5 cm³/mol. The highest BCUT2D eigenvalue weighted by Crippen LogP contribution is 2.21. The molecular weight excluding hydrogens is 210 g/mol. The van der Waals surface area contributed by atoms with Crippen molar-refractivity contribution in [2.45, 2.75) is 51.0 Å². The molecule has 90 valence electrons. The highest BCUT2D eigenvalue weighted by atomic mass is 35.5. The molecule has 1 atom stereocenters. The largest absolute Gasteiger partial charge is 0.396 e. The highest BCUT2D eigenvalue weighted by Gasteiger charge is 2.22. The number of nitrogens with zero attached hydrogens (tertiary/aromatic N) is 1. The topological polar surface area (TPSA) is 23.5 Å². The second kappa shape index (κ2) is 8.37. The molecule has 1 N–H and O–H groups in total. The van der Waals surface area contributed by atoms with Gasteiger partial charge in [0, 0.05) is 18.5 Å². The molecular formula is C12H24ClNO. The summed E-state index contributed by atoms with van der Waals surface area (Å²) in [5, 5.41) is 8.83. The van der Waals surface area contributed by atoms with E-state index in [1.165, 1.54) is 45.2 Å². The van der Waals surface area contributed by atoms with Crippen LogP contribution in [0.4, 0.5) is 0 Å². The Bertz CT molecular complexity index is 155. The van der Waals surface area contributed by atoms with Gasteiger partial charge in [-0.2, -0.15) is 0 Å². The van der Waals surface area contributed by atoms with Crippen molar-refractivity contribution in [2.75, 3.05) is 25.6 Å². The van der Waals surface area contributed by atoms with E-state index in [-0.39, 0.29) is 0 Å². The molecule has 1 aliphatic rings. The Labute approximate surface area is 98.6 Å². The van der Waals surface area contributed by atoms with Gasteiger partial charge in [-0.25, -0.2) is 0 Å². The second-order valence-corrected chi connectivity index (χ2v) is 4.83. The van der Waals surface area contributed by atoms with Gasteiger partial charge in [-0.05, 0) is 51.6 Å². The molecule has 0 saturated carbocycles. The number of aliphatic hydroxyl groups excluding tert-OH is 1. The van der Waals surface area contributed by atoms with Crippen molar-refractivity contribution < 1.29 is 5.11 Å². The van der Waals surface area contributed by atoms with Crippen LogP contribution in [0.15, 0.2) is 0 Å². The van der Waals surface area contributed by atoms with Gasteiger partial charge in [0.05, 0.1) is 0 Å². The van der Waals surface area contributed by atoms with Crippen LogP contribution < -0.4 is 0 Å². The first-order valence-corrected chi connectivity index (χ1v) is 6.83. The number of unbranched alkanes of at least 4 members (excludes halogenated alkanes) is 2. The molecule has 2 nitrogen and oxygen atoms in total. The standard InChI is InChI=1S/C12H24ClNO/c13-8-2-1-3-9-14-10-4-6-12(14)7-5-11-15/h12,15H,1-11H2. The Morgan fingerprint density at radius 3 is 2.80 bits per heavy atom. The van der Waals surface area contributed by atoms with Crippen molar-refractivity contribution >= 4 is 11.6 Å². The summed E-state index contributed by atoms with van der Waals surface area (Å²) in [6, 6.07) is 0.744. The van der Waals surface area contributed by atoms with E-state index in [1.54, 1.807) is 0 Å². The van der Waals surface area contributed by atoms with Gasteiger partial charge >= 0.3 is 0 Å². The van der Waals surface area contributed by atoms with Crippen LogP contribution in [0, 0.1) is 0 Å². The van der Waals surface area contributed by atoms with E-state index in [0.29, 0.717) is 6.61 Å². The third kappa shape index (κ3) is 5.19. The molecule has 1 rings (SSSR count). The van der Waals surface area contributed by atoms with Gasteiger partial charge in [-0.3, -0.25) is 0 Å². The molecule has 1 unspecified atom stereocenters. The van der Waals surface area contributed by atoms with Gasteiger partial charge in [-0.15, -0.1) is 11.6 Å². The first-order valence-electron chi connectivity index (χ1n) is 6.29. The Kier molecular flexibility index (Phi) is 7.41. The van der Waals surface area contributed by atoms with Crippen LogP contribution in [0.2, 0.25) is 0 Å². The van der Waals surface area contributed by atoms with Crippen molar-refractivity contribution in [3.63, 3.8) is 0 Å². The SMILES string of the molecule is OCCCC1CCCN1CCCCCCl. The zero-order valence-corrected chi connectivity index (χ0v) is 10.4. The summed E-state index contributed by atoms with van der Waals surface area (Å²) in [5.41, 5.74) is 0. The molecule has 1 saturated heterocycles. The van der Waals surface area contributed by atoms with Gasteiger partial charge in [-0.1, -0.05) is 6.42 Å². The van der Waals surface area contributed by atoms with Gasteiger partial charge in [0.2, 0.25) is 0 Å². The Morgan fingerprint density at radius 1 is 1.20 bits per heavy atom. The summed E-state index contributed by atoms with van der Waals surface area (Å²) in [6.07, 6.45) is 8.49. The normalized spacial score (nSPS) is 22.4. The van der Waals surface area contributed by atoms with E-state index in [9.17, 15) is 0 Å². The lowest BCUT2D eigenvalue weighted by Crippen LogP contribution is -2.30. The Hall–Kier alpha value is 0.210. The number of aliphatic hydroxyl groups is 1. The second-order valence-electron chi connectivity index (χ2n) is 4.45. The van der Waals surface area contributed by atoms with Crippen molar-refractivity contribution in [3.05, 3.63) is 0 Å². The zero-order chi connectivity index (χ0) is 10.9. The number of alkyl halides is 1. The van der Waals surface area contributed by atoms with Gasteiger partial charge in [0.25, 0.3) is 0 Å². The van der Waals surface area contributed by atoms with E-state index < -0.39 is 0 Å². The summed E-state index contributed by atoms with van der Waals surface area (Å²) in [7, 11) is 0. The lowest BCUT2D eigenvalue weighted by molar-refractivity contribution is 0.213. The summed E-state index contributed by atoms with van der Waals surface area (Å²) < 4.78 is 0. The smallest absolute Gasteiger partial charge is 0.0431 e. The van der Waals surface area contributed by atoms with Crippen molar-refractivity contribution in [1.29, 1.82) is 0 Å². The molecule has 0 bridgehead atoms. The minimum absolute atomic E-state index is 0.344. The molecule has 1 fully saturated rings. The molecule has 0 aromatic carbocycles. The third-order valence-electron chi connectivity index (χ3n) is 3.27. The number of likely N-dealkylation sites (tertiary alicyclic amines) is 1. The molecule has 1 aliphatic heterocycles. The van der Waals surface area contributed by atoms with Gasteiger partial charge < -0.3 is 10.0 Å². The van der Waals surface area contributed by atoms with Crippen molar-refractivity contribution in [1.82, 2.24) is 4.90 Å². The van der Waals surface area contributed by atoms with Crippen molar-refractivity contribution in [2.24, 2.45) is 0 Å². The Balaban J connectivity index is 2.09. The van der Waals surface area contributed by atoms with Crippen LogP contribution in [-0.4, -0.2) is 41.6 Å². The third-order valence-corrected chi connectivity index (χ3v) is 3.54. The number of hydrogen-bond acceptors (Lipinski definition) is 2. The minimum Gasteiger partial charge on any atom is -0.396 e. The van der Waals surface area contributed by atoms with E-state index in [4.69, 9.17) is 16.7 Å². The number of rotatable bonds is 8. The van der Waals surface area contributed by atoms with Crippen LogP contribution >= 0.6 is 11.6 Å². The van der Waals surface area contributed by atoms with E-state index >= 15 is 0 Å². The Morgan fingerprint density at radius 2 is 2.07 bits per heavy atom. The molecule has 0 amide bonds. The predicted octanol–water partition coefficient (Wildman–Crippen LogP) is 2.63. The maximum absolute atomic E-state index is 8.83. The van der Waals surface area contributed by atoms with Crippen LogP contribution in [0.3, 0.4) is 0 Å². The fourth-order valence-corrected chi connectivity index (χ4v) is 2.62. The quantitative estimate of drug-likeness (QED) is 0.515. The van der Waals surface area contributed by atoms with Crippen LogP contribution in [0.5, 0.6) is 0 Å². The van der Waals surface area contributed by atoms with E-state index in [2.05, 4.69) is 4.90 Å². The molecule has 0 spiro atoms. The lowest BCUT2D eigenvalue weighted by Gasteiger charge is -2.24. The monoisotopic (exact) mass is 233 g/mol. The summed E-state index contributed by atoms with van der Waals surface area (Å²) >= 11 is 5.65. The maximum atomic E-state index is 8.83. The average molecular weight is 234 g/mol. The minimum atomic E-state index is 0.344. The average Bonchev–Trinajstić information content (AvgIpc) is 2.69. The molecule has 1 heterocycles. The molecule has 0 aliphatic carbocycles. The lowest BCUT2D eigenvalue weighted by atomic mass is 10.1. The summed E-state index contributed by atoms with van der Waals surface area (Å²) in [5.74, 6) is 0.800. The molecule has 0 aromatic rings. The number of hydrogen-bond donors (Lipinski definition) is 1. The molecule has 0 radical (unpaired) electrons.